The minimum Gasteiger partial charge on any atom is -0.337 e. The lowest BCUT2D eigenvalue weighted by Crippen LogP contribution is -2.46. The number of nitrogens with zero attached hydrogens (tertiary/aromatic N) is 1. The second kappa shape index (κ2) is 4.99. The van der Waals surface area contributed by atoms with Crippen LogP contribution in [0, 0.1) is 0 Å². The van der Waals surface area contributed by atoms with E-state index in [1.54, 1.807) is 22.7 Å². The number of rotatable bonds is 2. The van der Waals surface area contributed by atoms with Crippen LogP contribution in [0.25, 0.3) is 9.40 Å². The van der Waals surface area contributed by atoms with E-state index >= 15 is 0 Å². The molecule has 2 aromatic rings. The number of likely N-dealkylation sites (N-methyl/N-ethyl adjacent to an activating group) is 1. The molecule has 1 aliphatic heterocycles. The number of thiophene rings is 2. The quantitative estimate of drug-likeness (QED) is 0.917. The van der Waals surface area contributed by atoms with E-state index in [0.717, 1.165) is 30.8 Å². The summed E-state index contributed by atoms with van der Waals surface area (Å²) in [7, 11) is 1.92. The molecule has 0 aliphatic carbocycles. The first kappa shape index (κ1) is 12.1. The van der Waals surface area contributed by atoms with Crippen molar-refractivity contribution in [3.8, 4) is 0 Å². The molecule has 1 fully saturated rings. The molecule has 0 saturated carbocycles. The highest BCUT2D eigenvalue weighted by Gasteiger charge is 2.24. The van der Waals surface area contributed by atoms with Gasteiger partial charge in [-0.3, -0.25) is 4.79 Å². The van der Waals surface area contributed by atoms with Gasteiger partial charge in [0.2, 0.25) is 0 Å². The second-order valence-corrected chi connectivity index (χ2v) is 6.71. The van der Waals surface area contributed by atoms with Crippen molar-refractivity contribution in [2.24, 2.45) is 0 Å². The number of amides is 1. The third-order valence-electron chi connectivity index (χ3n) is 3.49. The van der Waals surface area contributed by atoms with E-state index < -0.39 is 0 Å². The Kier molecular flexibility index (Phi) is 3.37. The van der Waals surface area contributed by atoms with Gasteiger partial charge in [0.05, 0.1) is 4.88 Å². The first-order valence-corrected chi connectivity index (χ1v) is 7.90. The van der Waals surface area contributed by atoms with Crippen molar-refractivity contribution in [1.29, 1.82) is 0 Å². The Morgan fingerprint density at radius 1 is 1.50 bits per heavy atom. The molecule has 5 heteroatoms. The summed E-state index contributed by atoms with van der Waals surface area (Å²) in [6.45, 7) is 2.00. The number of hydrogen-bond donors (Lipinski definition) is 1. The number of hydrogen-bond acceptors (Lipinski definition) is 4. The van der Waals surface area contributed by atoms with Gasteiger partial charge in [-0.05, 0) is 36.9 Å². The van der Waals surface area contributed by atoms with Crippen LogP contribution in [0.4, 0.5) is 0 Å². The highest BCUT2D eigenvalue weighted by atomic mass is 32.1. The van der Waals surface area contributed by atoms with E-state index in [0.29, 0.717) is 6.04 Å². The lowest BCUT2D eigenvalue weighted by atomic mass is 10.1. The van der Waals surface area contributed by atoms with Gasteiger partial charge in [-0.1, -0.05) is 0 Å². The summed E-state index contributed by atoms with van der Waals surface area (Å²) < 4.78 is 2.44. The average molecular weight is 280 g/mol. The van der Waals surface area contributed by atoms with Crippen LogP contribution >= 0.6 is 22.7 Å². The topological polar surface area (TPSA) is 32.3 Å². The minimum atomic E-state index is 0.164. The molecular weight excluding hydrogens is 264 g/mol. The molecule has 1 atom stereocenters. The Morgan fingerprint density at radius 3 is 3.11 bits per heavy atom. The molecule has 96 valence electrons. The van der Waals surface area contributed by atoms with Gasteiger partial charge in [-0.25, -0.2) is 0 Å². The van der Waals surface area contributed by atoms with E-state index in [9.17, 15) is 4.79 Å². The first-order chi connectivity index (χ1) is 8.75. The van der Waals surface area contributed by atoms with E-state index in [-0.39, 0.29) is 5.91 Å². The van der Waals surface area contributed by atoms with Gasteiger partial charge in [-0.2, -0.15) is 0 Å². The summed E-state index contributed by atoms with van der Waals surface area (Å²) in [5.41, 5.74) is 0. The van der Waals surface area contributed by atoms with E-state index in [2.05, 4.69) is 16.8 Å². The highest BCUT2D eigenvalue weighted by Crippen LogP contribution is 2.31. The molecule has 3 rings (SSSR count). The standard InChI is InChI=1S/C13H16N2OS2/c1-15(9-3-2-5-14-8-9)13(16)12-7-11-10(18-12)4-6-17-11/h4,6-7,9,14H,2-3,5,8H2,1H3. The van der Waals surface area contributed by atoms with Gasteiger partial charge in [0.15, 0.2) is 0 Å². The minimum absolute atomic E-state index is 0.164. The SMILES string of the molecule is CN(C(=O)c1cc2sccc2s1)C1CCCNC1. The lowest BCUT2D eigenvalue weighted by Gasteiger charge is -2.31. The molecule has 0 spiro atoms. The van der Waals surface area contributed by atoms with Crippen LogP contribution in [0.2, 0.25) is 0 Å². The van der Waals surface area contributed by atoms with Crippen molar-refractivity contribution >= 4 is 38.0 Å². The van der Waals surface area contributed by atoms with Crippen LogP contribution in [0.1, 0.15) is 22.5 Å². The maximum absolute atomic E-state index is 12.4. The zero-order chi connectivity index (χ0) is 12.5. The average Bonchev–Trinajstić information content (AvgIpc) is 2.99. The number of fused-ring (bicyclic) bond motifs is 1. The molecule has 3 nitrogen and oxygen atoms in total. The number of carbonyl (C=O) groups excluding carboxylic acids is 1. The Balaban J connectivity index is 1.78. The van der Waals surface area contributed by atoms with Gasteiger partial charge < -0.3 is 10.2 Å². The molecule has 1 amide bonds. The maximum atomic E-state index is 12.4. The van der Waals surface area contributed by atoms with E-state index in [4.69, 9.17) is 0 Å². The summed E-state index contributed by atoms with van der Waals surface area (Å²) in [6.07, 6.45) is 2.26. The van der Waals surface area contributed by atoms with Crippen LogP contribution < -0.4 is 5.32 Å². The molecule has 18 heavy (non-hydrogen) atoms. The molecule has 3 heterocycles. The van der Waals surface area contributed by atoms with Crippen LogP contribution in [0.15, 0.2) is 17.5 Å². The van der Waals surface area contributed by atoms with Gasteiger partial charge >= 0.3 is 0 Å². The fourth-order valence-electron chi connectivity index (χ4n) is 2.37. The van der Waals surface area contributed by atoms with Crippen molar-refractivity contribution in [1.82, 2.24) is 10.2 Å². The van der Waals surface area contributed by atoms with Crippen molar-refractivity contribution in [2.75, 3.05) is 20.1 Å². The van der Waals surface area contributed by atoms with Crippen molar-refractivity contribution in [3.63, 3.8) is 0 Å². The van der Waals surface area contributed by atoms with Crippen LogP contribution in [-0.2, 0) is 0 Å². The molecule has 1 unspecified atom stereocenters. The Labute approximate surface area is 114 Å². The zero-order valence-corrected chi connectivity index (χ0v) is 11.9. The number of piperidine rings is 1. The number of nitrogens with one attached hydrogen (secondary N) is 1. The lowest BCUT2D eigenvalue weighted by molar-refractivity contribution is 0.0713. The van der Waals surface area contributed by atoms with Gasteiger partial charge in [0.1, 0.15) is 0 Å². The summed E-state index contributed by atoms with van der Waals surface area (Å²) in [6, 6.07) is 4.45. The van der Waals surface area contributed by atoms with Gasteiger partial charge in [-0.15, -0.1) is 22.7 Å². The Hall–Kier alpha value is -0.910. The monoisotopic (exact) mass is 280 g/mol. The summed E-state index contributed by atoms with van der Waals surface area (Å²) >= 11 is 3.30. The molecule has 0 bridgehead atoms. The number of carbonyl (C=O) groups is 1. The van der Waals surface area contributed by atoms with Crippen LogP contribution in [-0.4, -0.2) is 37.0 Å². The largest absolute Gasteiger partial charge is 0.337 e. The molecular formula is C13H16N2OS2. The summed E-state index contributed by atoms with van der Waals surface area (Å²) in [4.78, 5) is 15.2. The fraction of sp³-hybridized carbons (Fsp3) is 0.462. The van der Waals surface area contributed by atoms with Crippen LogP contribution in [0.5, 0.6) is 0 Å². The van der Waals surface area contributed by atoms with Gasteiger partial charge in [0.25, 0.3) is 5.91 Å². The van der Waals surface area contributed by atoms with E-state index in [1.807, 2.05) is 18.0 Å². The van der Waals surface area contributed by atoms with Crippen molar-refractivity contribution < 1.29 is 4.79 Å². The maximum Gasteiger partial charge on any atom is 0.264 e. The molecule has 1 aliphatic rings. The van der Waals surface area contributed by atoms with E-state index in [1.165, 1.54) is 9.40 Å². The molecule has 0 aromatic carbocycles. The van der Waals surface area contributed by atoms with Crippen LogP contribution in [0.3, 0.4) is 0 Å². The molecule has 1 N–H and O–H groups in total. The Bertz CT molecular complexity index is 526. The van der Waals surface area contributed by atoms with Crippen molar-refractivity contribution in [2.45, 2.75) is 18.9 Å². The molecule has 2 aromatic heterocycles. The molecule has 0 radical (unpaired) electrons. The van der Waals surface area contributed by atoms with Crippen molar-refractivity contribution in [3.05, 3.63) is 22.4 Å². The predicted molar refractivity (Wildman–Crippen MR) is 77.7 cm³/mol. The predicted octanol–water partition coefficient (Wildman–Crippen LogP) is 2.79. The molecule has 1 saturated heterocycles. The highest BCUT2D eigenvalue weighted by molar-refractivity contribution is 7.27. The normalized spacial score (nSPS) is 20.2. The third kappa shape index (κ3) is 2.18. The van der Waals surface area contributed by atoms with Gasteiger partial charge in [0, 0.05) is 29.0 Å². The summed E-state index contributed by atoms with van der Waals surface area (Å²) in [5, 5.41) is 5.43. The zero-order valence-electron chi connectivity index (χ0n) is 10.3. The second-order valence-electron chi connectivity index (χ2n) is 4.68. The third-order valence-corrected chi connectivity index (χ3v) is 5.57. The Morgan fingerprint density at radius 2 is 2.39 bits per heavy atom. The first-order valence-electron chi connectivity index (χ1n) is 6.20. The smallest absolute Gasteiger partial charge is 0.264 e. The fourth-order valence-corrected chi connectivity index (χ4v) is 4.47. The summed E-state index contributed by atoms with van der Waals surface area (Å²) in [5.74, 6) is 0.164.